The molecular formula is C12H13F2N3OS. The zero-order chi connectivity index (χ0) is 14.2. The summed E-state index contributed by atoms with van der Waals surface area (Å²) >= 11 is 5.04. The quantitative estimate of drug-likeness (QED) is 0.880. The molecule has 0 spiro atoms. The van der Waals surface area contributed by atoms with Gasteiger partial charge in [0.25, 0.3) is 0 Å². The first kappa shape index (κ1) is 13.7. The second-order valence-corrected chi connectivity index (χ2v) is 4.59. The molecule has 102 valence electrons. The number of aromatic nitrogens is 2. The van der Waals surface area contributed by atoms with E-state index in [-0.39, 0.29) is 28.3 Å². The number of nitrogens with zero attached hydrogens (tertiary/aromatic N) is 2. The minimum atomic E-state index is -0.726. The fraction of sp³-hybridized carbons (Fsp3) is 0.333. The van der Waals surface area contributed by atoms with Crippen LogP contribution in [-0.4, -0.2) is 34.0 Å². The highest BCUT2D eigenvalue weighted by atomic mass is 32.1. The zero-order valence-electron chi connectivity index (χ0n) is 10.5. The summed E-state index contributed by atoms with van der Waals surface area (Å²) in [7, 11) is 1.65. The van der Waals surface area contributed by atoms with Crippen LogP contribution in [0.5, 0.6) is 0 Å². The molecule has 0 bridgehead atoms. The number of aromatic amines is 1. The first-order valence-electron chi connectivity index (χ1n) is 5.75. The van der Waals surface area contributed by atoms with Gasteiger partial charge in [0.15, 0.2) is 10.6 Å². The maximum Gasteiger partial charge on any atom is 0.242 e. The van der Waals surface area contributed by atoms with Crippen molar-refractivity contribution in [3.05, 3.63) is 28.5 Å². The van der Waals surface area contributed by atoms with Gasteiger partial charge in [-0.05, 0) is 25.2 Å². The number of imidazole rings is 1. The van der Waals surface area contributed by atoms with Crippen molar-refractivity contribution >= 4 is 29.2 Å². The number of rotatable bonds is 3. The number of amides is 1. The van der Waals surface area contributed by atoms with Gasteiger partial charge in [-0.1, -0.05) is 0 Å². The first-order chi connectivity index (χ1) is 8.93. The van der Waals surface area contributed by atoms with Crippen LogP contribution < -0.4 is 0 Å². The Morgan fingerprint density at radius 2 is 2.16 bits per heavy atom. The maximum absolute atomic E-state index is 13.6. The molecule has 1 aromatic carbocycles. The van der Waals surface area contributed by atoms with Crippen LogP contribution in [0.15, 0.2) is 12.1 Å². The minimum absolute atomic E-state index is 0.0495. The number of likely N-dealkylation sites (N-methyl/N-ethyl adjacent to an activating group) is 1. The number of fused-ring (bicyclic) bond motifs is 1. The standard InChI is InChI=1S/C12H13F2N3OS/c1-3-16(2)10(18)6-17-9-5-7(13)4-8(14)11(9)15-12(17)19/h4-5H,3,6H2,1-2H3,(H,15,19). The molecule has 2 aromatic rings. The highest BCUT2D eigenvalue weighted by molar-refractivity contribution is 7.71. The monoisotopic (exact) mass is 285 g/mol. The molecule has 2 rings (SSSR count). The molecule has 0 unspecified atom stereocenters. The van der Waals surface area contributed by atoms with Gasteiger partial charge in [-0.15, -0.1) is 0 Å². The van der Waals surface area contributed by atoms with Gasteiger partial charge in [0, 0.05) is 19.7 Å². The van der Waals surface area contributed by atoms with Gasteiger partial charge in [-0.3, -0.25) is 4.79 Å². The van der Waals surface area contributed by atoms with Crippen LogP contribution in [0.4, 0.5) is 8.78 Å². The van der Waals surface area contributed by atoms with Crippen LogP contribution in [0, 0.1) is 16.4 Å². The summed E-state index contributed by atoms with van der Waals surface area (Å²) in [5.74, 6) is -1.61. The average molecular weight is 285 g/mol. The van der Waals surface area contributed by atoms with Gasteiger partial charge >= 0.3 is 0 Å². The zero-order valence-corrected chi connectivity index (χ0v) is 11.4. The first-order valence-corrected chi connectivity index (χ1v) is 6.16. The molecule has 1 N–H and O–H groups in total. The Labute approximate surface area is 113 Å². The SMILES string of the molecule is CCN(C)C(=O)Cn1c(=S)[nH]c2c(F)cc(F)cc21. The molecule has 0 fully saturated rings. The molecule has 4 nitrogen and oxygen atoms in total. The third kappa shape index (κ3) is 2.51. The third-order valence-electron chi connectivity index (χ3n) is 3.00. The Balaban J connectivity index is 2.52. The van der Waals surface area contributed by atoms with Crippen molar-refractivity contribution in [3.8, 4) is 0 Å². The van der Waals surface area contributed by atoms with Crippen molar-refractivity contribution in [1.82, 2.24) is 14.5 Å². The number of hydrogen-bond acceptors (Lipinski definition) is 2. The van der Waals surface area contributed by atoms with Crippen molar-refractivity contribution in [3.63, 3.8) is 0 Å². The van der Waals surface area contributed by atoms with E-state index in [0.29, 0.717) is 6.54 Å². The summed E-state index contributed by atoms with van der Waals surface area (Å²) in [6.07, 6.45) is 0. The largest absolute Gasteiger partial charge is 0.344 e. The summed E-state index contributed by atoms with van der Waals surface area (Å²) in [5, 5.41) is 0. The Hall–Kier alpha value is -1.76. The van der Waals surface area contributed by atoms with E-state index < -0.39 is 11.6 Å². The molecule has 1 amide bonds. The lowest BCUT2D eigenvalue weighted by molar-refractivity contribution is -0.130. The van der Waals surface area contributed by atoms with Gasteiger partial charge in [0.05, 0.1) is 5.52 Å². The topological polar surface area (TPSA) is 41.0 Å². The van der Waals surface area contributed by atoms with E-state index in [2.05, 4.69) is 4.98 Å². The van der Waals surface area contributed by atoms with Crippen molar-refractivity contribution < 1.29 is 13.6 Å². The maximum atomic E-state index is 13.6. The highest BCUT2D eigenvalue weighted by Crippen LogP contribution is 2.19. The lowest BCUT2D eigenvalue weighted by Crippen LogP contribution is -2.29. The average Bonchev–Trinajstić information content (AvgIpc) is 2.66. The molecule has 0 aliphatic carbocycles. The van der Waals surface area contributed by atoms with E-state index in [0.717, 1.165) is 12.1 Å². The summed E-state index contributed by atoms with van der Waals surface area (Å²) < 4.78 is 28.4. The number of nitrogens with one attached hydrogen (secondary N) is 1. The van der Waals surface area contributed by atoms with Crippen LogP contribution in [0.2, 0.25) is 0 Å². The van der Waals surface area contributed by atoms with Crippen molar-refractivity contribution in [2.24, 2.45) is 0 Å². The number of carbonyl (C=O) groups excluding carboxylic acids is 1. The second-order valence-electron chi connectivity index (χ2n) is 4.21. The predicted octanol–water partition coefficient (Wildman–Crippen LogP) is 2.46. The van der Waals surface area contributed by atoms with Crippen LogP contribution in [0.3, 0.4) is 0 Å². The Kier molecular flexibility index (Phi) is 3.66. The van der Waals surface area contributed by atoms with Crippen LogP contribution in [0.1, 0.15) is 6.92 Å². The number of carbonyl (C=O) groups is 1. The van der Waals surface area contributed by atoms with E-state index in [1.54, 1.807) is 7.05 Å². The molecule has 0 saturated heterocycles. The fourth-order valence-electron chi connectivity index (χ4n) is 1.77. The van der Waals surface area contributed by atoms with E-state index in [4.69, 9.17) is 12.2 Å². The number of benzene rings is 1. The normalized spacial score (nSPS) is 10.9. The molecule has 0 aliphatic rings. The third-order valence-corrected chi connectivity index (χ3v) is 3.32. The Morgan fingerprint density at radius 3 is 2.79 bits per heavy atom. The summed E-state index contributed by atoms with van der Waals surface area (Å²) in [4.78, 5) is 16.0. The van der Waals surface area contributed by atoms with Gasteiger partial charge in [0.2, 0.25) is 5.91 Å². The summed E-state index contributed by atoms with van der Waals surface area (Å²) in [6.45, 7) is 2.34. The Morgan fingerprint density at radius 1 is 1.47 bits per heavy atom. The van der Waals surface area contributed by atoms with E-state index in [9.17, 15) is 13.6 Å². The molecule has 1 aromatic heterocycles. The summed E-state index contributed by atoms with van der Waals surface area (Å²) in [6, 6.07) is 1.93. The lowest BCUT2D eigenvalue weighted by atomic mass is 10.3. The van der Waals surface area contributed by atoms with Crippen LogP contribution in [-0.2, 0) is 11.3 Å². The van der Waals surface area contributed by atoms with Crippen LogP contribution >= 0.6 is 12.2 Å². The van der Waals surface area contributed by atoms with E-state index in [1.165, 1.54) is 9.47 Å². The number of hydrogen-bond donors (Lipinski definition) is 1. The van der Waals surface area contributed by atoms with E-state index >= 15 is 0 Å². The summed E-state index contributed by atoms with van der Waals surface area (Å²) in [5.41, 5.74) is 0.360. The molecule has 0 radical (unpaired) electrons. The molecule has 1 heterocycles. The number of H-pyrrole nitrogens is 1. The predicted molar refractivity (Wildman–Crippen MR) is 70.3 cm³/mol. The number of halogens is 2. The van der Waals surface area contributed by atoms with Gasteiger partial charge in [0.1, 0.15) is 17.9 Å². The molecule has 7 heteroatoms. The second kappa shape index (κ2) is 5.08. The van der Waals surface area contributed by atoms with Crippen molar-refractivity contribution in [1.29, 1.82) is 0 Å². The highest BCUT2D eigenvalue weighted by Gasteiger charge is 2.14. The molecule has 0 saturated carbocycles. The molecular weight excluding hydrogens is 272 g/mol. The van der Waals surface area contributed by atoms with Crippen molar-refractivity contribution in [2.45, 2.75) is 13.5 Å². The van der Waals surface area contributed by atoms with Gasteiger partial charge in [-0.2, -0.15) is 0 Å². The molecule has 19 heavy (non-hydrogen) atoms. The van der Waals surface area contributed by atoms with E-state index in [1.807, 2.05) is 6.92 Å². The minimum Gasteiger partial charge on any atom is -0.344 e. The Bertz CT molecular complexity index is 692. The fourth-order valence-corrected chi connectivity index (χ4v) is 2.03. The van der Waals surface area contributed by atoms with Crippen molar-refractivity contribution in [2.75, 3.05) is 13.6 Å². The van der Waals surface area contributed by atoms with Gasteiger partial charge in [-0.25, -0.2) is 8.78 Å². The van der Waals surface area contributed by atoms with Gasteiger partial charge < -0.3 is 14.5 Å². The lowest BCUT2D eigenvalue weighted by Gasteiger charge is -2.15. The molecule has 0 aliphatic heterocycles. The smallest absolute Gasteiger partial charge is 0.242 e. The molecule has 0 atom stereocenters. The van der Waals surface area contributed by atoms with Crippen LogP contribution in [0.25, 0.3) is 11.0 Å².